The molecule has 0 radical (unpaired) electrons. The van der Waals surface area contributed by atoms with Gasteiger partial charge in [-0.2, -0.15) is 0 Å². The molecule has 1 aliphatic heterocycles. The van der Waals surface area contributed by atoms with Crippen LogP contribution in [0.2, 0.25) is 0 Å². The first-order valence-electron chi connectivity index (χ1n) is 7.06. The van der Waals surface area contributed by atoms with Gasteiger partial charge in [-0.3, -0.25) is 19.2 Å². The molecule has 0 aromatic heterocycles. The van der Waals surface area contributed by atoms with E-state index in [-0.39, 0.29) is 6.61 Å². The molecule has 0 amide bonds. The van der Waals surface area contributed by atoms with Gasteiger partial charge in [0.1, 0.15) is 18.1 Å². The van der Waals surface area contributed by atoms with Crippen LogP contribution in [0, 0.1) is 0 Å². The largest absolute Gasteiger partial charge is 0.463 e. The number of hydrogen-bond donors (Lipinski definition) is 0. The highest BCUT2D eigenvalue weighted by Crippen LogP contribution is 2.31. The van der Waals surface area contributed by atoms with Gasteiger partial charge in [0.2, 0.25) is 6.29 Å². The van der Waals surface area contributed by atoms with Crippen molar-refractivity contribution in [3.05, 3.63) is 0 Å². The molecule has 1 aliphatic rings. The van der Waals surface area contributed by atoms with E-state index in [1.807, 2.05) is 0 Å². The highest BCUT2D eigenvalue weighted by atomic mass is 35.5. The molecule has 0 aromatic carbocycles. The molecular weight excluding hydrogens is 348 g/mol. The zero-order chi connectivity index (χ0) is 18.4. The lowest BCUT2D eigenvalue weighted by Gasteiger charge is -2.42. The molecular formula is C14H19ClO9. The maximum atomic E-state index is 11.3. The molecule has 136 valence electrons. The van der Waals surface area contributed by atoms with Gasteiger partial charge < -0.3 is 23.7 Å². The van der Waals surface area contributed by atoms with Crippen molar-refractivity contribution in [1.82, 2.24) is 0 Å². The van der Waals surface area contributed by atoms with Crippen LogP contribution in [0.3, 0.4) is 0 Å². The predicted octanol–water partition coefficient (Wildman–Crippen LogP) is 0.308. The molecule has 0 spiro atoms. The average molecular weight is 367 g/mol. The number of alkyl halides is 1. The molecule has 10 heteroatoms. The Morgan fingerprint density at radius 2 is 1.33 bits per heavy atom. The Labute approximate surface area is 143 Å². The molecule has 1 saturated heterocycles. The van der Waals surface area contributed by atoms with Gasteiger partial charge in [0.15, 0.2) is 12.2 Å². The number of hydrogen-bond acceptors (Lipinski definition) is 9. The highest BCUT2D eigenvalue weighted by molar-refractivity contribution is 6.21. The SMILES string of the molecule is CC(=O)OCC1O[C@@H](OC(C)=O)C(OC(C)=O)C(Cl)[C@@H]1OC(C)=O. The Morgan fingerprint density at radius 3 is 1.79 bits per heavy atom. The lowest BCUT2D eigenvalue weighted by molar-refractivity contribution is -0.268. The van der Waals surface area contributed by atoms with Gasteiger partial charge in [-0.05, 0) is 0 Å². The summed E-state index contributed by atoms with van der Waals surface area (Å²) in [6, 6.07) is 0. The number of ether oxygens (including phenoxy) is 5. The minimum atomic E-state index is -1.33. The van der Waals surface area contributed by atoms with Gasteiger partial charge in [-0.25, -0.2) is 0 Å². The van der Waals surface area contributed by atoms with Gasteiger partial charge in [0, 0.05) is 27.7 Å². The van der Waals surface area contributed by atoms with Crippen LogP contribution in [0.4, 0.5) is 0 Å². The van der Waals surface area contributed by atoms with Gasteiger partial charge >= 0.3 is 23.9 Å². The second-order valence-electron chi connectivity index (χ2n) is 5.05. The minimum Gasteiger partial charge on any atom is -0.463 e. The van der Waals surface area contributed by atoms with E-state index in [2.05, 4.69) is 0 Å². The van der Waals surface area contributed by atoms with Gasteiger partial charge in [0.25, 0.3) is 0 Å². The summed E-state index contributed by atoms with van der Waals surface area (Å²) in [5.74, 6) is -2.63. The smallest absolute Gasteiger partial charge is 0.305 e. The summed E-state index contributed by atoms with van der Waals surface area (Å²) in [4.78, 5) is 44.8. The van der Waals surface area contributed by atoms with Gasteiger partial charge in [-0.1, -0.05) is 0 Å². The number of halogens is 1. The first-order valence-corrected chi connectivity index (χ1v) is 7.50. The molecule has 1 fully saturated rings. The summed E-state index contributed by atoms with van der Waals surface area (Å²) >= 11 is 6.26. The first kappa shape index (κ1) is 20.2. The maximum Gasteiger partial charge on any atom is 0.305 e. The van der Waals surface area contributed by atoms with E-state index in [9.17, 15) is 19.2 Å². The van der Waals surface area contributed by atoms with Crippen molar-refractivity contribution < 1.29 is 42.9 Å². The monoisotopic (exact) mass is 366 g/mol. The van der Waals surface area contributed by atoms with Crippen LogP contribution in [0.1, 0.15) is 27.7 Å². The van der Waals surface area contributed by atoms with Crippen molar-refractivity contribution >= 4 is 35.5 Å². The Kier molecular flexibility index (Phi) is 7.43. The standard InChI is InChI=1S/C14H19ClO9/c1-6(16)20-5-10-12(21-7(2)17)11(15)13(22-8(3)18)14(24-10)23-9(4)19/h10-14H,5H2,1-4H3/t10?,11?,12-,13?,14-/m1/s1. The minimum absolute atomic E-state index is 0.291. The number of esters is 4. The molecule has 0 N–H and O–H groups in total. The fourth-order valence-corrected chi connectivity index (χ4v) is 2.49. The van der Waals surface area contributed by atoms with E-state index in [1.165, 1.54) is 6.92 Å². The van der Waals surface area contributed by atoms with Crippen LogP contribution in [-0.4, -0.2) is 60.5 Å². The van der Waals surface area contributed by atoms with E-state index in [1.54, 1.807) is 0 Å². The van der Waals surface area contributed by atoms with Crippen LogP contribution in [0.15, 0.2) is 0 Å². The molecule has 0 aromatic rings. The van der Waals surface area contributed by atoms with Crippen LogP contribution in [0.25, 0.3) is 0 Å². The summed E-state index contributed by atoms with van der Waals surface area (Å²) in [5, 5.41) is -1.09. The van der Waals surface area contributed by atoms with Crippen LogP contribution < -0.4 is 0 Å². The Bertz CT molecular complexity index is 504. The van der Waals surface area contributed by atoms with E-state index < -0.39 is 53.9 Å². The number of rotatable bonds is 5. The van der Waals surface area contributed by atoms with Crippen LogP contribution in [0.5, 0.6) is 0 Å². The van der Waals surface area contributed by atoms with Crippen molar-refractivity contribution in [2.75, 3.05) is 6.61 Å². The highest BCUT2D eigenvalue weighted by Gasteiger charge is 2.50. The topological polar surface area (TPSA) is 114 Å². The van der Waals surface area contributed by atoms with Crippen molar-refractivity contribution in [3.8, 4) is 0 Å². The molecule has 0 bridgehead atoms. The average Bonchev–Trinajstić information content (AvgIpc) is 2.42. The number of carbonyl (C=O) groups excluding carboxylic acids is 4. The number of carbonyl (C=O) groups is 4. The molecule has 24 heavy (non-hydrogen) atoms. The lowest BCUT2D eigenvalue weighted by Crippen LogP contribution is -2.60. The Hall–Kier alpha value is -1.87. The van der Waals surface area contributed by atoms with Crippen LogP contribution in [-0.2, 0) is 42.9 Å². The van der Waals surface area contributed by atoms with E-state index in [0.29, 0.717) is 0 Å². The molecule has 5 atom stereocenters. The second kappa shape index (κ2) is 8.84. The van der Waals surface area contributed by atoms with Crippen molar-refractivity contribution in [2.24, 2.45) is 0 Å². The van der Waals surface area contributed by atoms with Crippen LogP contribution >= 0.6 is 11.6 Å². The summed E-state index contributed by atoms with van der Waals surface area (Å²) in [6.07, 6.45) is -4.62. The molecule has 3 unspecified atom stereocenters. The fourth-order valence-electron chi connectivity index (χ4n) is 2.11. The molecule has 0 aliphatic carbocycles. The summed E-state index contributed by atoms with van der Waals surface area (Å²) in [7, 11) is 0. The van der Waals surface area contributed by atoms with E-state index in [0.717, 1.165) is 20.8 Å². The summed E-state index contributed by atoms with van der Waals surface area (Å²) in [5.41, 5.74) is 0. The third-order valence-electron chi connectivity index (χ3n) is 2.91. The zero-order valence-electron chi connectivity index (χ0n) is 13.6. The normalized spacial score (nSPS) is 29.3. The quantitative estimate of drug-likeness (QED) is 0.385. The zero-order valence-corrected chi connectivity index (χ0v) is 14.4. The molecule has 1 rings (SSSR count). The summed E-state index contributed by atoms with van der Waals surface area (Å²) < 4.78 is 25.4. The predicted molar refractivity (Wildman–Crippen MR) is 77.8 cm³/mol. The first-order chi connectivity index (χ1) is 11.1. The summed E-state index contributed by atoms with van der Waals surface area (Å²) in [6.45, 7) is 4.33. The van der Waals surface area contributed by atoms with E-state index in [4.69, 9.17) is 35.3 Å². The third kappa shape index (κ3) is 5.97. The Morgan fingerprint density at radius 1 is 0.833 bits per heavy atom. The second-order valence-corrected chi connectivity index (χ2v) is 5.55. The molecule has 1 heterocycles. The molecule has 9 nitrogen and oxygen atoms in total. The van der Waals surface area contributed by atoms with Crippen molar-refractivity contribution in [1.29, 1.82) is 0 Å². The Balaban J connectivity index is 3.04. The fraction of sp³-hybridized carbons (Fsp3) is 0.714. The van der Waals surface area contributed by atoms with E-state index >= 15 is 0 Å². The maximum absolute atomic E-state index is 11.3. The van der Waals surface area contributed by atoms with Crippen molar-refractivity contribution in [2.45, 2.75) is 57.7 Å². The third-order valence-corrected chi connectivity index (χ3v) is 3.41. The molecule has 0 saturated carbocycles. The lowest BCUT2D eigenvalue weighted by atomic mass is 10.0. The van der Waals surface area contributed by atoms with Gasteiger partial charge in [-0.15, -0.1) is 11.6 Å². The van der Waals surface area contributed by atoms with Crippen molar-refractivity contribution in [3.63, 3.8) is 0 Å². The van der Waals surface area contributed by atoms with Gasteiger partial charge in [0.05, 0.1) is 0 Å².